The molecule has 0 atom stereocenters. The fraction of sp³-hybridized carbons (Fsp3) is 0.267. The first-order valence-corrected chi connectivity index (χ1v) is 6.24. The van der Waals surface area contributed by atoms with Gasteiger partial charge in [-0.15, -0.1) is 0 Å². The SMILES string of the molecule is Cc1c(C#N)c(N)n(CCc2cc(F)cc(F)c2)c1C. The summed E-state index contributed by atoms with van der Waals surface area (Å²) in [4.78, 5) is 0. The van der Waals surface area contributed by atoms with E-state index in [0.29, 0.717) is 29.9 Å². The molecule has 0 fully saturated rings. The number of hydrogen-bond acceptors (Lipinski definition) is 2. The van der Waals surface area contributed by atoms with Gasteiger partial charge in [-0.2, -0.15) is 5.26 Å². The van der Waals surface area contributed by atoms with Crippen LogP contribution in [0.2, 0.25) is 0 Å². The smallest absolute Gasteiger partial charge is 0.126 e. The van der Waals surface area contributed by atoms with Crippen LogP contribution in [-0.4, -0.2) is 4.57 Å². The number of nitrogens with zero attached hydrogens (tertiary/aromatic N) is 2. The van der Waals surface area contributed by atoms with Crippen LogP contribution < -0.4 is 5.73 Å². The summed E-state index contributed by atoms with van der Waals surface area (Å²) in [5.74, 6) is -0.781. The molecular weight excluding hydrogens is 260 g/mol. The van der Waals surface area contributed by atoms with Crippen molar-refractivity contribution in [2.45, 2.75) is 26.8 Å². The summed E-state index contributed by atoms with van der Waals surface area (Å²) in [7, 11) is 0. The molecule has 2 N–H and O–H groups in total. The molecule has 0 unspecified atom stereocenters. The average molecular weight is 275 g/mol. The third-order valence-electron chi connectivity index (χ3n) is 3.53. The zero-order chi connectivity index (χ0) is 14.9. The number of rotatable bonds is 3. The molecule has 0 radical (unpaired) electrons. The van der Waals surface area contributed by atoms with Gasteiger partial charge in [0, 0.05) is 18.3 Å². The summed E-state index contributed by atoms with van der Waals surface area (Å²) in [5, 5.41) is 9.05. The highest BCUT2D eigenvalue weighted by atomic mass is 19.1. The zero-order valence-corrected chi connectivity index (χ0v) is 11.4. The topological polar surface area (TPSA) is 54.7 Å². The number of nitriles is 1. The van der Waals surface area contributed by atoms with Crippen molar-refractivity contribution in [3.05, 3.63) is 52.2 Å². The quantitative estimate of drug-likeness (QED) is 0.935. The van der Waals surface area contributed by atoms with Crippen molar-refractivity contribution in [2.24, 2.45) is 0 Å². The second-order valence-electron chi connectivity index (χ2n) is 4.76. The van der Waals surface area contributed by atoms with Gasteiger partial charge >= 0.3 is 0 Å². The molecule has 1 aromatic heterocycles. The van der Waals surface area contributed by atoms with Crippen LogP contribution in [0.4, 0.5) is 14.6 Å². The third-order valence-corrected chi connectivity index (χ3v) is 3.53. The van der Waals surface area contributed by atoms with Gasteiger partial charge in [-0.05, 0) is 43.5 Å². The van der Waals surface area contributed by atoms with Gasteiger partial charge < -0.3 is 10.3 Å². The Balaban J connectivity index is 2.26. The minimum Gasteiger partial charge on any atom is -0.384 e. The van der Waals surface area contributed by atoms with Crippen LogP contribution in [0.3, 0.4) is 0 Å². The Morgan fingerprint density at radius 3 is 2.30 bits per heavy atom. The molecule has 2 rings (SSSR count). The van der Waals surface area contributed by atoms with E-state index < -0.39 is 11.6 Å². The van der Waals surface area contributed by atoms with Crippen LogP contribution in [-0.2, 0) is 13.0 Å². The van der Waals surface area contributed by atoms with E-state index in [0.717, 1.165) is 17.3 Å². The predicted octanol–water partition coefficient (Wildman–Crippen LogP) is 3.08. The molecule has 0 aliphatic rings. The van der Waals surface area contributed by atoms with E-state index in [1.807, 2.05) is 13.8 Å². The lowest BCUT2D eigenvalue weighted by atomic mass is 10.1. The second-order valence-corrected chi connectivity index (χ2v) is 4.76. The van der Waals surface area contributed by atoms with Crippen molar-refractivity contribution in [3.8, 4) is 6.07 Å². The van der Waals surface area contributed by atoms with Crippen molar-refractivity contribution in [1.82, 2.24) is 4.57 Å². The van der Waals surface area contributed by atoms with Crippen molar-refractivity contribution in [3.63, 3.8) is 0 Å². The summed E-state index contributed by atoms with van der Waals surface area (Å²) in [6.07, 6.45) is 0.443. The molecule has 5 heteroatoms. The van der Waals surface area contributed by atoms with E-state index in [1.165, 1.54) is 12.1 Å². The van der Waals surface area contributed by atoms with Crippen molar-refractivity contribution in [2.75, 3.05) is 5.73 Å². The number of hydrogen-bond donors (Lipinski definition) is 1. The molecule has 0 bridgehead atoms. The summed E-state index contributed by atoms with van der Waals surface area (Å²) in [5.41, 5.74) is 8.70. The Hall–Kier alpha value is -2.35. The summed E-state index contributed by atoms with van der Waals surface area (Å²) >= 11 is 0. The van der Waals surface area contributed by atoms with Gasteiger partial charge in [0.25, 0.3) is 0 Å². The van der Waals surface area contributed by atoms with Crippen LogP contribution in [0.5, 0.6) is 0 Å². The standard InChI is InChI=1S/C15H15F2N3/c1-9-10(2)20(15(19)14(9)8-18)4-3-11-5-12(16)7-13(17)6-11/h5-7H,3-4,19H2,1-2H3. The Bertz CT molecular complexity index is 676. The molecule has 104 valence electrons. The van der Waals surface area contributed by atoms with E-state index in [-0.39, 0.29) is 0 Å². The minimum atomic E-state index is -0.592. The first-order chi connectivity index (χ1) is 9.43. The molecule has 1 heterocycles. The lowest BCUT2D eigenvalue weighted by molar-refractivity contribution is 0.576. The van der Waals surface area contributed by atoms with Gasteiger partial charge in [-0.25, -0.2) is 8.78 Å². The van der Waals surface area contributed by atoms with Crippen LogP contribution in [0.25, 0.3) is 0 Å². The molecule has 0 spiro atoms. The number of nitrogen functional groups attached to an aromatic ring is 1. The van der Waals surface area contributed by atoms with E-state index in [1.54, 1.807) is 4.57 Å². The monoisotopic (exact) mass is 275 g/mol. The first-order valence-electron chi connectivity index (χ1n) is 6.24. The molecule has 3 nitrogen and oxygen atoms in total. The molecular formula is C15H15F2N3. The summed E-state index contributed by atoms with van der Waals surface area (Å²) < 4.78 is 28.0. The molecule has 0 saturated heterocycles. The van der Waals surface area contributed by atoms with Gasteiger partial charge in [0.05, 0.1) is 5.56 Å². The molecule has 2 aromatic rings. The summed E-state index contributed by atoms with van der Waals surface area (Å²) in [6, 6.07) is 5.52. The van der Waals surface area contributed by atoms with Crippen molar-refractivity contribution >= 4 is 5.82 Å². The molecule has 0 aliphatic heterocycles. The highest BCUT2D eigenvalue weighted by Gasteiger charge is 2.14. The Labute approximate surface area is 116 Å². The molecule has 1 aromatic carbocycles. The van der Waals surface area contributed by atoms with Crippen LogP contribution in [0.1, 0.15) is 22.4 Å². The number of aryl methyl sites for hydroxylation is 1. The van der Waals surface area contributed by atoms with Crippen LogP contribution in [0.15, 0.2) is 18.2 Å². The normalized spacial score (nSPS) is 10.6. The highest BCUT2D eigenvalue weighted by Crippen LogP contribution is 2.24. The lowest BCUT2D eigenvalue weighted by Gasteiger charge is -2.09. The van der Waals surface area contributed by atoms with Gasteiger partial charge in [0.15, 0.2) is 0 Å². The molecule has 0 aliphatic carbocycles. The van der Waals surface area contributed by atoms with Gasteiger partial charge in [0.2, 0.25) is 0 Å². The number of aromatic nitrogens is 1. The number of nitrogens with two attached hydrogens (primary N) is 1. The van der Waals surface area contributed by atoms with E-state index >= 15 is 0 Å². The molecule has 0 amide bonds. The maximum Gasteiger partial charge on any atom is 0.126 e. The molecule has 20 heavy (non-hydrogen) atoms. The summed E-state index contributed by atoms with van der Waals surface area (Å²) in [6.45, 7) is 4.18. The van der Waals surface area contributed by atoms with E-state index in [4.69, 9.17) is 11.0 Å². The molecule has 0 saturated carbocycles. The van der Waals surface area contributed by atoms with Crippen molar-refractivity contribution in [1.29, 1.82) is 5.26 Å². The van der Waals surface area contributed by atoms with E-state index in [2.05, 4.69) is 6.07 Å². The Morgan fingerprint density at radius 2 is 1.80 bits per heavy atom. The van der Waals surface area contributed by atoms with Crippen LogP contribution in [0, 0.1) is 36.8 Å². The Morgan fingerprint density at radius 1 is 1.20 bits per heavy atom. The average Bonchev–Trinajstić information content (AvgIpc) is 2.57. The fourth-order valence-corrected chi connectivity index (χ4v) is 2.32. The largest absolute Gasteiger partial charge is 0.384 e. The Kier molecular flexibility index (Phi) is 3.75. The highest BCUT2D eigenvalue weighted by molar-refractivity contribution is 5.57. The van der Waals surface area contributed by atoms with Crippen molar-refractivity contribution < 1.29 is 8.78 Å². The fourth-order valence-electron chi connectivity index (χ4n) is 2.32. The number of benzene rings is 1. The lowest BCUT2D eigenvalue weighted by Crippen LogP contribution is -2.07. The second kappa shape index (κ2) is 5.33. The third kappa shape index (κ3) is 2.50. The van der Waals surface area contributed by atoms with Gasteiger partial charge in [-0.3, -0.25) is 0 Å². The van der Waals surface area contributed by atoms with Gasteiger partial charge in [-0.1, -0.05) is 0 Å². The predicted molar refractivity (Wildman–Crippen MR) is 73.1 cm³/mol. The maximum atomic E-state index is 13.1. The van der Waals surface area contributed by atoms with Gasteiger partial charge in [0.1, 0.15) is 23.5 Å². The number of anilines is 1. The zero-order valence-electron chi connectivity index (χ0n) is 11.4. The minimum absolute atomic E-state index is 0.402. The maximum absolute atomic E-state index is 13.1. The number of halogens is 2. The van der Waals surface area contributed by atoms with E-state index in [9.17, 15) is 8.78 Å². The van der Waals surface area contributed by atoms with Crippen LogP contribution >= 0.6 is 0 Å². The first kappa shape index (κ1) is 14.1.